The average Bonchev–Trinajstić information content (AvgIpc) is 2.81. The first-order valence-electron chi connectivity index (χ1n) is 6.99. The Morgan fingerprint density at radius 3 is 2.94 bits per heavy atom. The van der Waals surface area contributed by atoms with Gasteiger partial charge in [-0.3, -0.25) is 4.90 Å². The summed E-state index contributed by atoms with van der Waals surface area (Å²) in [6, 6.07) is 4.33. The number of likely N-dealkylation sites (tertiary alicyclic amines) is 1. The van der Waals surface area contributed by atoms with Gasteiger partial charge in [-0.1, -0.05) is 19.9 Å². The Labute approximate surface area is 115 Å². The van der Waals surface area contributed by atoms with Gasteiger partial charge in [0.2, 0.25) is 0 Å². The van der Waals surface area contributed by atoms with E-state index in [4.69, 9.17) is 0 Å². The predicted octanol–water partition coefficient (Wildman–Crippen LogP) is 3.37. The van der Waals surface area contributed by atoms with Gasteiger partial charge in [0.1, 0.15) is 0 Å². The zero-order valence-electron chi connectivity index (χ0n) is 11.6. The maximum absolute atomic E-state index is 9.81. The smallest absolute Gasteiger partial charge is 0.0499 e. The van der Waals surface area contributed by atoms with Crippen molar-refractivity contribution in [2.24, 2.45) is 11.3 Å². The summed E-state index contributed by atoms with van der Waals surface area (Å²) in [5.41, 5.74) is 0.143. The highest BCUT2D eigenvalue weighted by atomic mass is 32.1. The molecule has 1 fully saturated rings. The highest BCUT2D eigenvalue weighted by molar-refractivity contribution is 7.09. The SMILES string of the molecule is CC(C)CC1(CO)CCCN(Cc2cccs2)C1. The highest BCUT2D eigenvalue weighted by Gasteiger charge is 2.35. The quantitative estimate of drug-likeness (QED) is 0.884. The van der Waals surface area contributed by atoms with Gasteiger partial charge in [-0.15, -0.1) is 11.3 Å². The van der Waals surface area contributed by atoms with Crippen LogP contribution < -0.4 is 0 Å². The first kappa shape index (κ1) is 14.0. The van der Waals surface area contributed by atoms with Crippen LogP contribution in [0.4, 0.5) is 0 Å². The van der Waals surface area contributed by atoms with Crippen molar-refractivity contribution < 1.29 is 5.11 Å². The minimum Gasteiger partial charge on any atom is -0.396 e. The molecule has 0 spiro atoms. The van der Waals surface area contributed by atoms with E-state index in [0.29, 0.717) is 12.5 Å². The average molecular weight is 267 g/mol. The maximum atomic E-state index is 9.81. The maximum Gasteiger partial charge on any atom is 0.0499 e. The van der Waals surface area contributed by atoms with Crippen molar-refractivity contribution >= 4 is 11.3 Å². The van der Waals surface area contributed by atoms with Crippen LogP contribution in [0.25, 0.3) is 0 Å². The number of nitrogens with zero attached hydrogens (tertiary/aromatic N) is 1. The fraction of sp³-hybridized carbons (Fsp3) is 0.733. The predicted molar refractivity (Wildman–Crippen MR) is 77.8 cm³/mol. The molecule has 1 aliphatic heterocycles. The Bertz CT molecular complexity index is 349. The molecule has 1 aromatic heterocycles. The largest absolute Gasteiger partial charge is 0.396 e. The summed E-state index contributed by atoms with van der Waals surface area (Å²) in [7, 11) is 0. The van der Waals surface area contributed by atoms with Crippen molar-refractivity contribution in [3.8, 4) is 0 Å². The second kappa shape index (κ2) is 6.18. The number of piperidine rings is 1. The molecule has 2 heterocycles. The van der Waals surface area contributed by atoms with Crippen molar-refractivity contribution in [3.05, 3.63) is 22.4 Å². The number of aliphatic hydroxyl groups excluding tert-OH is 1. The summed E-state index contributed by atoms with van der Waals surface area (Å²) in [6.07, 6.45) is 3.55. The molecule has 18 heavy (non-hydrogen) atoms. The molecule has 1 saturated heterocycles. The number of hydrogen-bond donors (Lipinski definition) is 1. The molecule has 1 aromatic rings. The second-order valence-corrected chi connectivity index (χ2v) is 7.18. The Kier molecular flexibility index (Phi) is 4.82. The van der Waals surface area contributed by atoms with E-state index in [-0.39, 0.29) is 5.41 Å². The molecule has 1 unspecified atom stereocenters. The third-order valence-corrected chi connectivity index (χ3v) is 4.74. The van der Waals surface area contributed by atoms with Crippen molar-refractivity contribution in [1.29, 1.82) is 0 Å². The molecule has 2 rings (SSSR count). The Morgan fingerprint density at radius 1 is 1.50 bits per heavy atom. The van der Waals surface area contributed by atoms with Gasteiger partial charge in [0, 0.05) is 30.0 Å². The highest BCUT2D eigenvalue weighted by Crippen LogP contribution is 2.36. The van der Waals surface area contributed by atoms with Crippen LogP contribution in [0.1, 0.15) is 38.0 Å². The molecule has 0 aromatic carbocycles. The molecule has 1 aliphatic rings. The van der Waals surface area contributed by atoms with Crippen LogP contribution in [0.3, 0.4) is 0 Å². The van der Waals surface area contributed by atoms with E-state index < -0.39 is 0 Å². The van der Waals surface area contributed by atoms with Crippen molar-refractivity contribution in [2.75, 3.05) is 19.7 Å². The molecule has 0 amide bonds. The Balaban J connectivity index is 1.98. The summed E-state index contributed by atoms with van der Waals surface area (Å²) in [5, 5.41) is 12.0. The van der Waals surface area contributed by atoms with Gasteiger partial charge in [0.05, 0.1) is 0 Å². The van der Waals surface area contributed by atoms with E-state index in [2.05, 4.69) is 36.3 Å². The van der Waals surface area contributed by atoms with Crippen LogP contribution in [-0.4, -0.2) is 29.7 Å². The van der Waals surface area contributed by atoms with E-state index in [1.165, 1.54) is 24.3 Å². The van der Waals surface area contributed by atoms with Crippen LogP contribution in [0, 0.1) is 11.3 Å². The lowest BCUT2D eigenvalue weighted by atomic mass is 9.74. The van der Waals surface area contributed by atoms with Gasteiger partial charge in [0.25, 0.3) is 0 Å². The minimum absolute atomic E-state index is 0.143. The van der Waals surface area contributed by atoms with Gasteiger partial charge in [-0.25, -0.2) is 0 Å². The van der Waals surface area contributed by atoms with Crippen molar-refractivity contribution in [1.82, 2.24) is 4.90 Å². The van der Waals surface area contributed by atoms with E-state index in [1.54, 1.807) is 0 Å². The van der Waals surface area contributed by atoms with Crippen LogP contribution in [0.5, 0.6) is 0 Å². The molecule has 0 saturated carbocycles. The van der Waals surface area contributed by atoms with Crippen LogP contribution in [0.15, 0.2) is 17.5 Å². The molecule has 1 atom stereocenters. The van der Waals surface area contributed by atoms with Gasteiger partial charge in [-0.2, -0.15) is 0 Å². The van der Waals surface area contributed by atoms with E-state index in [9.17, 15) is 5.11 Å². The number of aliphatic hydroxyl groups is 1. The van der Waals surface area contributed by atoms with E-state index >= 15 is 0 Å². The normalized spacial score (nSPS) is 25.8. The lowest BCUT2D eigenvalue weighted by Gasteiger charge is -2.42. The third-order valence-electron chi connectivity index (χ3n) is 3.88. The Hall–Kier alpha value is -0.380. The van der Waals surface area contributed by atoms with Crippen LogP contribution in [0.2, 0.25) is 0 Å². The van der Waals surface area contributed by atoms with E-state index in [1.807, 2.05) is 11.3 Å². The summed E-state index contributed by atoms with van der Waals surface area (Å²) in [5.74, 6) is 0.666. The van der Waals surface area contributed by atoms with E-state index in [0.717, 1.165) is 19.5 Å². The monoisotopic (exact) mass is 267 g/mol. The number of hydrogen-bond acceptors (Lipinski definition) is 3. The van der Waals surface area contributed by atoms with Crippen LogP contribution in [-0.2, 0) is 6.54 Å². The molecular weight excluding hydrogens is 242 g/mol. The summed E-state index contributed by atoms with van der Waals surface area (Å²) in [6.45, 7) is 8.15. The standard InChI is InChI=1S/C15H25NOS/c1-13(2)9-15(12-17)6-4-7-16(11-15)10-14-5-3-8-18-14/h3,5,8,13,17H,4,6-7,9-12H2,1-2H3. The van der Waals surface area contributed by atoms with Gasteiger partial charge in [-0.05, 0) is 43.2 Å². The lowest BCUT2D eigenvalue weighted by Crippen LogP contribution is -2.45. The molecule has 2 nitrogen and oxygen atoms in total. The molecule has 3 heteroatoms. The lowest BCUT2D eigenvalue weighted by molar-refractivity contribution is 0.0136. The molecule has 1 N–H and O–H groups in total. The summed E-state index contributed by atoms with van der Waals surface area (Å²) >= 11 is 1.83. The van der Waals surface area contributed by atoms with Crippen molar-refractivity contribution in [3.63, 3.8) is 0 Å². The topological polar surface area (TPSA) is 23.5 Å². The van der Waals surface area contributed by atoms with Gasteiger partial charge < -0.3 is 5.11 Å². The zero-order valence-corrected chi connectivity index (χ0v) is 12.4. The number of thiophene rings is 1. The first-order chi connectivity index (χ1) is 8.63. The molecule has 102 valence electrons. The van der Waals surface area contributed by atoms with Gasteiger partial charge in [0.15, 0.2) is 0 Å². The summed E-state index contributed by atoms with van der Waals surface area (Å²) < 4.78 is 0. The molecular formula is C15H25NOS. The first-order valence-corrected chi connectivity index (χ1v) is 7.87. The van der Waals surface area contributed by atoms with Crippen molar-refractivity contribution in [2.45, 2.75) is 39.7 Å². The van der Waals surface area contributed by atoms with Crippen LogP contribution >= 0.6 is 11.3 Å². The fourth-order valence-corrected chi connectivity index (χ4v) is 4.04. The Morgan fingerprint density at radius 2 is 2.33 bits per heavy atom. The summed E-state index contributed by atoms with van der Waals surface area (Å²) in [4.78, 5) is 3.96. The molecule has 0 radical (unpaired) electrons. The molecule has 0 bridgehead atoms. The third kappa shape index (κ3) is 3.56. The fourth-order valence-electron chi connectivity index (χ4n) is 3.29. The van der Waals surface area contributed by atoms with Gasteiger partial charge >= 0.3 is 0 Å². The minimum atomic E-state index is 0.143. The number of rotatable bonds is 5. The zero-order chi connectivity index (χ0) is 13.0. The second-order valence-electron chi connectivity index (χ2n) is 6.15. The molecule has 0 aliphatic carbocycles.